The molecule has 0 radical (unpaired) electrons. The van der Waals surface area contributed by atoms with Crippen molar-refractivity contribution in [1.29, 1.82) is 0 Å². The van der Waals surface area contributed by atoms with Crippen LogP contribution in [0.1, 0.15) is 36.1 Å². The van der Waals surface area contributed by atoms with Crippen LogP contribution in [0.5, 0.6) is 0 Å². The van der Waals surface area contributed by atoms with Gasteiger partial charge in [0.25, 0.3) is 0 Å². The van der Waals surface area contributed by atoms with Crippen LogP contribution in [0.25, 0.3) is 71.6 Å². The lowest BCUT2D eigenvalue weighted by Gasteiger charge is -2.39. The molecule has 11 aromatic rings. The van der Waals surface area contributed by atoms with E-state index in [0.29, 0.717) is 0 Å². The summed E-state index contributed by atoms with van der Waals surface area (Å²) in [5.74, 6) is 0. The van der Waals surface area contributed by atoms with Gasteiger partial charge in [-0.15, -0.1) is 0 Å². The second-order valence-electron chi connectivity index (χ2n) is 20.6. The second-order valence-corrected chi connectivity index (χ2v) is 20.6. The highest BCUT2D eigenvalue weighted by Gasteiger charge is 2.39. The molecule has 4 nitrogen and oxygen atoms in total. The number of nitrogens with zero attached hydrogens (tertiary/aromatic N) is 4. The minimum atomic E-state index is -0.260. The number of para-hydroxylation sites is 8. The van der Waals surface area contributed by atoms with Crippen LogP contribution < -0.4 is 19.6 Å². The molecule has 73 heavy (non-hydrogen) atoms. The van der Waals surface area contributed by atoms with E-state index in [9.17, 15) is 0 Å². The fraction of sp³-hybridized carbons (Fsp3) is 0.0725. The van der Waals surface area contributed by atoms with Crippen molar-refractivity contribution in [2.45, 2.75) is 19.3 Å². The molecule has 0 bridgehead atoms. The first-order valence-electron chi connectivity index (χ1n) is 25.4. The van der Waals surface area contributed by atoms with Gasteiger partial charge in [-0.25, -0.2) is 0 Å². The lowest BCUT2D eigenvalue weighted by Crippen LogP contribution is -2.24. The van der Waals surface area contributed by atoms with E-state index in [2.05, 4.69) is 266 Å². The summed E-state index contributed by atoms with van der Waals surface area (Å²) in [6.07, 6.45) is 0. The average molecular weight is 935 g/mol. The zero-order chi connectivity index (χ0) is 48.9. The topological polar surface area (TPSA) is 13.0 Å². The van der Waals surface area contributed by atoms with Gasteiger partial charge >= 0.3 is 0 Å². The summed E-state index contributed by atoms with van der Waals surface area (Å²) >= 11 is 0. The predicted molar refractivity (Wildman–Crippen MR) is 309 cm³/mol. The molecule has 4 heteroatoms. The van der Waals surface area contributed by atoms with E-state index in [1.807, 2.05) is 0 Å². The molecule has 2 heterocycles. The van der Waals surface area contributed by atoms with E-state index in [-0.39, 0.29) is 5.41 Å². The van der Waals surface area contributed by atoms with E-state index in [0.717, 1.165) is 51.1 Å². The first kappa shape index (κ1) is 41.6. The molecule has 2 aliphatic carbocycles. The minimum absolute atomic E-state index is 0.260. The maximum Gasteiger partial charge on any atom is 0.0699 e. The van der Waals surface area contributed by atoms with Crippen LogP contribution >= 0.6 is 0 Å². The van der Waals surface area contributed by atoms with E-state index >= 15 is 0 Å². The van der Waals surface area contributed by atoms with Crippen molar-refractivity contribution >= 4 is 84.0 Å². The second kappa shape index (κ2) is 15.2. The third kappa shape index (κ3) is 5.66. The Kier molecular flexibility index (Phi) is 8.67. The number of rotatable bonds is 4. The summed E-state index contributed by atoms with van der Waals surface area (Å²) in [6, 6.07) is 81.5. The summed E-state index contributed by atoms with van der Waals surface area (Å²) in [4.78, 5) is 9.58. The van der Waals surface area contributed by atoms with Crippen molar-refractivity contribution in [3.63, 3.8) is 0 Å². The maximum atomic E-state index is 4.87. The van der Waals surface area contributed by atoms with E-state index in [1.54, 1.807) is 0 Å². The third-order valence-corrected chi connectivity index (χ3v) is 16.6. The quantitative estimate of drug-likeness (QED) is 0.163. The molecule has 0 aromatic heterocycles. The van der Waals surface area contributed by atoms with Crippen molar-refractivity contribution in [3.8, 4) is 44.5 Å². The molecule has 0 spiro atoms. The Bertz CT molecular complexity index is 4120. The normalized spacial score (nSPS) is 14.3. The van der Waals surface area contributed by atoms with Crippen LogP contribution in [0.4, 0.5) is 56.9 Å². The highest BCUT2D eigenvalue weighted by atomic mass is 15.3. The standard InChI is InChI=1S/C69H50N4/c1-42-45-20-6-7-21-46(45)48-23-18-25-52(65(42)48)66-49-38-36-44(73-63-34-16-12-30-59(63)71(5)60-31-13-17-35-64(60)73)41-55(49)67(53-26-19-24-51-47-22-8-9-27-56(47)69(2,3)68(51)53)50-39-37-43(40-54(50)66)72-61-32-14-10-28-57(61)70(4)58-29-11-15-33-62(58)72/h6-41H,1H2,2-5H3. The zero-order valence-electron chi connectivity index (χ0n) is 41.3. The van der Waals surface area contributed by atoms with Gasteiger partial charge in [0.15, 0.2) is 0 Å². The number of hydrogen-bond acceptors (Lipinski definition) is 4. The third-order valence-electron chi connectivity index (χ3n) is 16.6. The Morgan fingerprint density at radius 1 is 0.315 bits per heavy atom. The van der Waals surface area contributed by atoms with Crippen LogP contribution in [-0.2, 0) is 5.41 Å². The van der Waals surface area contributed by atoms with E-state index in [1.165, 1.54) is 99.7 Å². The summed E-state index contributed by atoms with van der Waals surface area (Å²) in [6.45, 7) is 9.71. The van der Waals surface area contributed by atoms with Crippen molar-refractivity contribution in [1.82, 2.24) is 0 Å². The smallest absolute Gasteiger partial charge is 0.0699 e. The molecule has 11 aromatic carbocycles. The molecule has 346 valence electrons. The van der Waals surface area contributed by atoms with Crippen LogP contribution in [0.3, 0.4) is 0 Å². The number of anilines is 10. The molecule has 0 atom stereocenters. The Hall–Kier alpha value is -9.12. The Labute approximate surface area is 426 Å². The summed E-state index contributed by atoms with van der Waals surface area (Å²) in [5.41, 5.74) is 27.4. The summed E-state index contributed by atoms with van der Waals surface area (Å²) < 4.78 is 0. The molecule has 4 aliphatic rings. The van der Waals surface area contributed by atoms with Gasteiger partial charge in [-0.05, 0) is 167 Å². The summed E-state index contributed by atoms with van der Waals surface area (Å²) in [5, 5.41) is 4.80. The van der Waals surface area contributed by atoms with Gasteiger partial charge in [0.1, 0.15) is 0 Å². The van der Waals surface area contributed by atoms with Crippen molar-refractivity contribution in [2.75, 3.05) is 33.7 Å². The average Bonchev–Trinajstić information content (AvgIpc) is 3.86. The molecular formula is C69H50N4. The molecule has 0 saturated carbocycles. The fourth-order valence-corrected chi connectivity index (χ4v) is 13.4. The molecule has 0 unspecified atom stereocenters. The van der Waals surface area contributed by atoms with Gasteiger partial charge in [0.2, 0.25) is 0 Å². The maximum absolute atomic E-state index is 4.87. The number of fused-ring (bicyclic) bond motifs is 12. The van der Waals surface area contributed by atoms with Gasteiger partial charge in [-0.3, -0.25) is 0 Å². The van der Waals surface area contributed by atoms with Gasteiger partial charge in [-0.1, -0.05) is 166 Å². The molecule has 15 rings (SSSR count). The fourth-order valence-electron chi connectivity index (χ4n) is 13.4. The van der Waals surface area contributed by atoms with Crippen molar-refractivity contribution in [2.24, 2.45) is 0 Å². The molecule has 0 N–H and O–H groups in total. The minimum Gasteiger partial charge on any atom is -0.341 e. The van der Waals surface area contributed by atoms with Crippen molar-refractivity contribution in [3.05, 3.63) is 247 Å². The number of benzene rings is 11. The van der Waals surface area contributed by atoms with Crippen LogP contribution in [-0.4, -0.2) is 14.1 Å². The van der Waals surface area contributed by atoms with Crippen LogP contribution in [0.15, 0.2) is 225 Å². The lowest BCUT2D eigenvalue weighted by molar-refractivity contribution is 0.662. The Balaban J connectivity index is 1.10. The van der Waals surface area contributed by atoms with E-state index < -0.39 is 0 Å². The zero-order valence-corrected chi connectivity index (χ0v) is 41.3. The summed E-state index contributed by atoms with van der Waals surface area (Å²) in [7, 11) is 4.36. The van der Waals surface area contributed by atoms with Gasteiger partial charge in [0.05, 0.1) is 45.5 Å². The van der Waals surface area contributed by atoms with Crippen molar-refractivity contribution < 1.29 is 0 Å². The first-order chi connectivity index (χ1) is 35.8. The largest absolute Gasteiger partial charge is 0.341 e. The SMILES string of the molecule is C=C1c2ccccc2-c2cccc(-c3c4cc(N5c6ccccc6N(C)c6ccccc65)ccc4c(-c4cccc5c4C(C)(C)c4ccccc4-5)c4cc(N5c6ccccc6N(C)c6ccccc65)ccc34)c21. The van der Waals surface area contributed by atoms with Crippen LogP contribution in [0.2, 0.25) is 0 Å². The van der Waals surface area contributed by atoms with E-state index in [4.69, 9.17) is 6.58 Å². The number of hydrogen-bond donors (Lipinski definition) is 0. The first-order valence-corrected chi connectivity index (χ1v) is 25.4. The predicted octanol–water partition coefficient (Wildman–Crippen LogP) is 18.8. The monoisotopic (exact) mass is 934 g/mol. The highest BCUT2D eigenvalue weighted by molar-refractivity contribution is 6.25. The molecule has 2 aliphatic heterocycles. The molecular weight excluding hydrogens is 885 g/mol. The van der Waals surface area contributed by atoms with Gasteiger partial charge in [0, 0.05) is 30.9 Å². The van der Waals surface area contributed by atoms with Gasteiger partial charge < -0.3 is 19.6 Å². The molecule has 0 fully saturated rings. The van der Waals surface area contributed by atoms with Crippen LogP contribution in [0, 0.1) is 0 Å². The Morgan fingerprint density at radius 2 is 0.699 bits per heavy atom. The van der Waals surface area contributed by atoms with Gasteiger partial charge in [-0.2, -0.15) is 0 Å². The Morgan fingerprint density at radius 3 is 1.22 bits per heavy atom. The molecule has 0 amide bonds. The highest BCUT2D eigenvalue weighted by Crippen LogP contribution is 2.59. The molecule has 0 saturated heterocycles. The lowest BCUT2D eigenvalue weighted by atomic mass is 9.76.